The maximum absolute atomic E-state index is 12.1. The molecule has 27 heavy (non-hydrogen) atoms. The van der Waals surface area contributed by atoms with Gasteiger partial charge in [-0.1, -0.05) is 24.3 Å². The average molecular weight is 392 g/mol. The molecular weight excluding hydrogens is 368 g/mol. The summed E-state index contributed by atoms with van der Waals surface area (Å²) in [6.07, 6.45) is 1.46. The standard InChI is InChI=1S/C19H24N2O5S/c1-25-17-5-3-4-15(19(17)26-2)8-11-18(22)21-13-12-14-6-9-16(10-7-14)27(20,23)24/h3-7,9-10H,8,11-13H2,1-2H3,(H,21,22)(H2,20,23,24). The van der Waals surface area contributed by atoms with E-state index in [0.717, 1.165) is 11.1 Å². The number of para-hydroxylation sites is 1. The van der Waals surface area contributed by atoms with E-state index >= 15 is 0 Å². The first kappa shape index (κ1) is 20.7. The van der Waals surface area contributed by atoms with Crippen LogP contribution in [0.25, 0.3) is 0 Å². The van der Waals surface area contributed by atoms with Gasteiger partial charge in [0.2, 0.25) is 15.9 Å². The van der Waals surface area contributed by atoms with Gasteiger partial charge in [0, 0.05) is 13.0 Å². The number of methoxy groups -OCH3 is 2. The number of benzene rings is 2. The maximum atomic E-state index is 12.1. The Labute approximate surface area is 159 Å². The van der Waals surface area contributed by atoms with Gasteiger partial charge in [0.25, 0.3) is 0 Å². The number of hydrogen-bond acceptors (Lipinski definition) is 5. The Morgan fingerprint density at radius 3 is 2.33 bits per heavy atom. The number of primary sulfonamides is 1. The van der Waals surface area contributed by atoms with Crippen molar-refractivity contribution in [2.45, 2.75) is 24.2 Å². The molecule has 0 aliphatic carbocycles. The van der Waals surface area contributed by atoms with Crippen LogP contribution in [-0.4, -0.2) is 35.1 Å². The molecule has 0 atom stereocenters. The summed E-state index contributed by atoms with van der Waals surface area (Å²) in [6.45, 7) is 0.461. The van der Waals surface area contributed by atoms with Crippen LogP contribution in [0, 0.1) is 0 Å². The molecule has 2 aromatic rings. The van der Waals surface area contributed by atoms with Crippen molar-refractivity contribution in [2.75, 3.05) is 20.8 Å². The van der Waals surface area contributed by atoms with Gasteiger partial charge in [-0.2, -0.15) is 0 Å². The number of amides is 1. The zero-order valence-electron chi connectivity index (χ0n) is 15.4. The first-order chi connectivity index (χ1) is 12.8. The van der Waals surface area contributed by atoms with Gasteiger partial charge in [-0.25, -0.2) is 13.6 Å². The monoisotopic (exact) mass is 392 g/mol. The van der Waals surface area contributed by atoms with Crippen LogP contribution in [-0.2, 0) is 27.7 Å². The van der Waals surface area contributed by atoms with Crippen molar-refractivity contribution < 1.29 is 22.7 Å². The fourth-order valence-electron chi connectivity index (χ4n) is 2.68. The van der Waals surface area contributed by atoms with E-state index in [1.165, 1.54) is 12.1 Å². The van der Waals surface area contributed by atoms with Crippen molar-refractivity contribution >= 4 is 15.9 Å². The fraction of sp³-hybridized carbons (Fsp3) is 0.316. The van der Waals surface area contributed by atoms with E-state index in [0.29, 0.717) is 37.3 Å². The lowest BCUT2D eigenvalue weighted by atomic mass is 10.1. The second kappa shape index (κ2) is 9.38. The third-order valence-corrected chi connectivity index (χ3v) is 5.02. The molecule has 7 nitrogen and oxygen atoms in total. The van der Waals surface area contributed by atoms with Crippen LogP contribution in [0.15, 0.2) is 47.4 Å². The Bertz CT molecular complexity index is 879. The highest BCUT2D eigenvalue weighted by molar-refractivity contribution is 7.89. The van der Waals surface area contributed by atoms with Crippen LogP contribution in [0.4, 0.5) is 0 Å². The molecule has 0 unspecified atom stereocenters. The zero-order valence-corrected chi connectivity index (χ0v) is 16.2. The number of ether oxygens (including phenoxy) is 2. The fourth-order valence-corrected chi connectivity index (χ4v) is 3.19. The molecule has 3 N–H and O–H groups in total. The van der Waals surface area contributed by atoms with Crippen LogP contribution in [0.5, 0.6) is 11.5 Å². The molecule has 0 aliphatic rings. The highest BCUT2D eigenvalue weighted by atomic mass is 32.2. The van der Waals surface area contributed by atoms with Gasteiger partial charge in [-0.15, -0.1) is 0 Å². The van der Waals surface area contributed by atoms with E-state index in [9.17, 15) is 13.2 Å². The van der Waals surface area contributed by atoms with E-state index in [1.54, 1.807) is 26.4 Å². The molecule has 0 aromatic heterocycles. The summed E-state index contributed by atoms with van der Waals surface area (Å²) in [5.41, 5.74) is 1.82. The van der Waals surface area contributed by atoms with Crippen molar-refractivity contribution in [3.8, 4) is 11.5 Å². The van der Waals surface area contributed by atoms with Crippen molar-refractivity contribution in [3.05, 3.63) is 53.6 Å². The number of nitrogens with two attached hydrogens (primary N) is 1. The van der Waals surface area contributed by atoms with Crippen molar-refractivity contribution in [3.63, 3.8) is 0 Å². The van der Waals surface area contributed by atoms with Crippen LogP contribution in [0.2, 0.25) is 0 Å². The Hall–Kier alpha value is -2.58. The molecule has 8 heteroatoms. The predicted molar refractivity (Wildman–Crippen MR) is 102 cm³/mol. The van der Waals surface area contributed by atoms with Gasteiger partial charge in [0.15, 0.2) is 11.5 Å². The number of carbonyl (C=O) groups excluding carboxylic acids is 1. The van der Waals surface area contributed by atoms with Gasteiger partial charge in [0.1, 0.15) is 0 Å². The molecule has 2 aromatic carbocycles. The number of hydrogen-bond donors (Lipinski definition) is 2. The van der Waals surface area contributed by atoms with Crippen molar-refractivity contribution in [2.24, 2.45) is 5.14 Å². The van der Waals surface area contributed by atoms with Gasteiger partial charge in [-0.05, 0) is 42.2 Å². The smallest absolute Gasteiger partial charge is 0.238 e. The SMILES string of the molecule is COc1cccc(CCC(=O)NCCc2ccc(S(N)(=O)=O)cc2)c1OC. The van der Waals surface area contributed by atoms with Crippen LogP contribution < -0.4 is 19.9 Å². The van der Waals surface area contributed by atoms with E-state index < -0.39 is 10.0 Å². The average Bonchev–Trinajstić information content (AvgIpc) is 2.65. The molecule has 0 bridgehead atoms. The van der Waals surface area contributed by atoms with Gasteiger partial charge in [0.05, 0.1) is 19.1 Å². The molecule has 0 spiro atoms. The lowest BCUT2D eigenvalue weighted by Gasteiger charge is -2.12. The van der Waals surface area contributed by atoms with E-state index in [-0.39, 0.29) is 10.8 Å². The lowest BCUT2D eigenvalue weighted by Crippen LogP contribution is -2.26. The van der Waals surface area contributed by atoms with Crippen molar-refractivity contribution in [1.29, 1.82) is 0 Å². The first-order valence-corrected chi connectivity index (χ1v) is 9.98. The quantitative estimate of drug-likeness (QED) is 0.675. The molecule has 0 saturated carbocycles. The maximum Gasteiger partial charge on any atom is 0.238 e. The highest BCUT2D eigenvalue weighted by Gasteiger charge is 2.11. The zero-order chi connectivity index (χ0) is 19.9. The molecule has 0 radical (unpaired) electrons. The van der Waals surface area contributed by atoms with Crippen LogP contribution >= 0.6 is 0 Å². The Kier molecular flexibility index (Phi) is 7.20. The molecule has 1 amide bonds. The predicted octanol–water partition coefficient (Wildman–Crippen LogP) is 1.64. The minimum absolute atomic E-state index is 0.0685. The summed E-state index contributed by atoms with van der Waals surface area (Å²) in [7, 11) is -0.542. The molecule has 0 heterocycles. The summed E-state index contributed by atoms with van der Waals surface area (Å²) < 4.78 is 33.1. The molecule has 0 aliphatic heterocycles. The molecule has 0 saturated heterocycles. The second-order valence-electron chi connectivity index (χ2n) is 5.94. The number of nitrogens with one attached hydrogen (secondary N) is 1. The molecule has 2 rings (SSSR count). The second-order valence-corrected chi connectivity index (χ2v) is 7.50. The Morgan fingerprint density at radius 1 is 1.04 bits per heavy atom. The minimum Gasteiger partial charge on any atom is -0.493 e. The minimum atomic E-state index is -3.69. The molecule has 146 valence electrons. The number of rotatable bonds is 9. The van der Waals surface area contributed by atoms with E-state index in [1.807, 2.05) is 18.2 Å². The third-order valence-electron chi connectivity index (χ3n) is 4.09. The number of aryl methyl sites for hydroxylation is 1. The summed E-state index contributed by atoms with van der Waals surface area (Å²) in [6, 6.07) is 11.9. The lowest BCUT2D eigenvalue weighted by molar-refractivity contribution is -0.121. The Morgan fingerprint density at radius 2 is 1.74 bits per heavy atom. The van der Waals surface area contributed by atoms with Crippen LogP contribution in [0.1, 0.15) is 17.5 Å². The van der Waals surface area contributed by atoms with E-state index in [2.05, 4.69) is 5.32 Å². The first-order valence-electron chi connectivity index (χ1n) is 8.43. The molecule has 0 fully saturated rings. The third kappa shape index (κ3) is 5.97. The normalized spacial score (nSPS) is 11.1. The topological polar surface area (TPSA) is 108 Å². The summed E-state index contributed by atoms with van der Waals surface area (Å²) >= 11 is 0. The van der Waals surface area contributed by atoms with Crippen LogP contribution in [0.3, 0.4) is 0 Å². The highest BCUT2D eigenvalue weighted by Crippen LogP contribution is 2.31. The summed E-state index contributed by atoms with van der Waals surface area (Å²) in [4.78, 5) is 12.1. The number of sulfonamides is 1. The Balaban J connectivity index is 1.82. The number of carbonyl (C=O) groups is 1. The summed E-state index contributed by atoms with van der Waals surface area (Å²) in [5, 5.41) is 7.92. The largest absolute Gasteiger partial charge is 0.493 e. The van der Waals surface area contributed by atoms with Gasteiger partial charge < -0.3 is 14.8 Å². The molecular formula is C19H24N2O5S. The van der Waals surface area contributed by atoms with Crippen molar-refractivity contribution in [1.82, 2.24) is 5.32 Å². The van der Waals surface area contributed by atoms with Gasteiger partial charge in [-0.3, -0.25) is 4.79 Å². The van der Waals surface area contributed by atoms with E-state index in [4.69, 9.17) is 14.6 Å². The van der Waals surface area contributed by atoms with Gasteiger partial charge >= 0.3 is 0 Å². The summed E-state index contributed by atoms with van der Waals surface area (Å²) in [5.74, 6) is 1.21.